The van der Waals surface area contributed by atoms with E-state index < -0.39 is 0 Å². The summed E-state index contributed by atoms with van der Waals surface area (Å²) in [6.07, 6.45) is 3.67. The number of nitrogens with zero attached hydrogens (tertiary/aromatic N) is 2. The molecule has 0 aromatic heterocycles. The Hall–Kier alpha value is -0.470. The molecule has 0 saturated carbocycles. The molecule has 0 bridgehead atoms. The highest BCUT2D eigenvalue weighted by atomic mass is 127. The number of guanidine groups is 1. The molecule has 0 unspecified atom stereocenters. The quantitative estimate of drug-likeness (QED) is 0.251. The highest BCUT2D eigenvalue weighted by Crippen LogP contribution is 2.12. The van der Waals surface area contributed by atoms with Gasteiger partial charge >= 0.3 is 0 Å². The van der Waals surface area contributed by atoms with Crippen LogP contribution in [0, 0.1) is 6.92 Å². The van der Waals surface area contributed by atoms with Crippen LogP contribution in [0.2, 0.25) is 0 Å². The van der Waals surface area contributed by atoms with Crippen LogP contribution in [0.5, 0.6) is 0 Å². The van der Waals surface area contributed by atoms with Crippen molar-refractivity contribution in [3.8, 4) is 0 Å². The van der Waals surface area contributed by atoms with Gasteiger partial charge in [0.05, 0.1) is 0 Å². The molecule has 2 rings (SSSR count). The van der Waals surface area contributed by atoms with Crippen LogP contribution in [0.25, 0.3) is 0 Å². The lowest BCUT2D eigenvalue weighted by atomic mass is 10.1. The minimum absolute atomic E-state index is 0. The van der Waals surface area contributed by atoms with Gasteiger partial charge in [-0.3, -0.25) is 4.99 Å². The third-order valence-electron chi connectivity index (χ3n) is 4.62. The van der Waals surface area contributed by atoms with Crippen LogP contribution < -0.4 is 10.6 Å². The van der Waals surface area contributed by atoms with Gasteiger partial charge in [-0.25, -0.2) is 0 Å². The van der Waals surface area contributed by atoms with Crippen molar-refractivity contribution in [2.24, 2.45) is 4.99 Å². The van der Waals surface area contributed by atoms with Crippen molar-refractivity contribution in [1.82, 2.24) is 15.5 Å². The predicted molar refractivity (Wildman–Crippen MR) is 127 cm³/mol. The first-order valence-electron chi connectivity index (χ1n) is 9.54. The van der Waals surface area contributed by atoms with Crippen LogP contribution in [0.3, 0.4) is 0 Å². The average molecular weight is 490 g/mol. The topological polar surface area (TPSA) is 39.7 Å². The number of aryl methyl sites for hydroxylation is 1. The Balaban J connectivity index is 0.00000338. The molecule has 1 aromatic carbocycles. The first-order chi connectivity index (χ1) is 12.2. The molecule has 0 aliphatic carbocycles. The van der Waals surface area contributed by atoms with Crippen LogP contribution in [0.15, 0.2) is 29.3 Å². The van der Waals surface area contributed by atoms with E-state index >= 15 is 0 Å². The molecule has 6 heteroatoms. The Kier molecular flexibility index (Phi) is 12.4. The fourth-order valence-corrected chi connectivity index (χ4v) is 3.94. The number of hydrogen-bond acceptors (Lipinski definition) is 3. The summed E-state index contributed by atoms with van der Waals surface area (Å²) in [5, 5.41) is 7.04. The standard InChI is InChI=1S/C20H34N4S.HI/c1-4-12-24-13-9-19(10-14-24)23-20(21-3)22-11-15-25-16-18-7-5-17(2)6-8-18;/h5-8,19H,4,9-16H2,1-3H3,(H2,21,22,23);1H. The normalized spacial score (nSPS) is 16.2. The van der Waals surface area contributed by atoms with E-state index in [1.54, 1.807) is 0 Å². The Morgan fingerprint density at radius 3 is 2.54 bits per heavy atom. The van der Waals surface area contributed by atoms with Gasteiger partial charge in [-0.15, -0.1) is 24.0 Å². The van der Waals surface area contributed by atoms with Gasteiger partial charge in [0.25, 0.3) is 0 Å². The van der Waals surface area contributed by atoms with Crippen molar-refractivity contribution in [2.45, 2.75) is 44.9 Å². The predicted octanol–water partition coefficient (Wildman–Crippen LogP) is 3.89. The minimum atomic E-state index is 0. The van der Waals surface area contributed by atoms with Gasteiger partial charge in [-0.05, 0) is 38.3 Å². The molecular formula is C20H35IN4S. The second-order valence-corrected chi connectivity index (χ2v) is 7.90. The largest absolute Gasteiger partial charge is 0.356 e. The monoisotopic (exact) mass is 490 g/mol. The summed E-state index contributed by atoms with van der Waals surface area (Å²) in [5.41, 5.74) is 2.72. The number of aliphatic imine (C=N–C) groups is 1. The maximum Gasteiger partial charge on any atom is 0.191 e. The van der Waals surface area contributed by atoms with Crippen molar-refractivity contribution >= 4 is 41.7 Å². The van der Waals surface area contributed by atoms with E-state index in [1.165, 1.54) is 50.0 Å². The Morgan fingerprint density at radius 1 is 1.23 bits per heavy atom. The molecule has 1 heterocycles. The molecule has 26 heavy (non-hydrogen) atoms. The van der Waals surface area contributed by atoms with Crippen LogP contribution in [-0.4, -0.2) is 55.9 Å². The summed E-state index contributed by atoms with van der Waals surface area (Å²) in [6.45, 7) is 8.98. The summed E-state index contributed by atoms with van der Waals surface area (Å²) in [5.74, 6) is 3.11. The number of likely N-dealkylation sites (tertiary alicyclic amines) is 1. The lowest BCUT2D eigenvalue weighted by molar-refractivity contribution is 0.206. The molecule has 0 radical (unpaired) electrons. The molecule has 0 spiro atoms. The average Bonchev–Trinajstić information content (AvgIpc) is 2.63. The van der Waals surface area contributed by atoms with Gasteiger partial charge in [0.1, 0.15) is 0 Å². The molecule has 2 N–H and O–H groups in total. The Morgan fingerprint density at radius 2 is 1.92 bits per heavy atom. The molecule has 1 aliphatic rings. The van der Waals surface area contributed by atoms with E-state index in [0.29, 0.717) is 6.04 Å². The molecule has 0 amide bonds. The van der Waals surface area contributed by atoms with E-state index in [2.05, 4.69) is 58.6 Å². The van der Waals surface area contributed by atoms with Gasteiger partial charge in [0, 0.05) is 44.2 Å². The lowest BCUT2D eigenvalue weighted by Crippen LogP contribution is -2.49. The highest BCUT2D eigenvalue weighted by molar-refractivity contribution is 14.0. The number of thioether (sulfide) groups is 1. The maximum atomic E-state index is 4.37. The number of rotatable bonds is 8. The Bertz CT molecular complexity index is 513. The summed E-state index contributed by atoms with van der Waals surface area (Å²) in [7, 11) is 1.86. The molecule has 1 saturated heterocycles. The first kappa shape index (κ1) is 23.6. The highest BCUT2D eigenvalue weighted by Gasteiger charge is 2.19. The molecular weight excluding hydrogens is 455 g/mol. The summed E-state index contributed by atoms with van der Waals surface area (Å²) < 4.78 is 0. The summed E-state index contributed by atoms with van der Waals surface area (Å²) >= 11 is 1.96. The smallest absolute Gasteiger partial charge is 0.191 e. The summed E-state index contributed by atoms with van der Waals surface area (Å²) in [4.78, 5) is 6.94. The molecule has 1 fully saturated rings. The number of halogens is 1. The Labute approximate surface area is 181 Å². The van der Waals surface area contributed by atoms with Gasteiger partial charge in [-0.1, -0.05) is 36.8 Å². The maximum absolute atomic E-state index is 4.37. The van der Waals surface area contributed by atoms with Crippen LogP contribution >= 0.6 is 35.7 Å². The molecule has 0 atom stereocenters. The van der Waals surface area contributed by atoms with Crippen molar-refractivity contribution < 1.29 is 0 Å². The zero-order valence-electron chi connectivity index (χ0n) is 16.5. The molecule has 148 valence electrons. The van der Waals surface area contributed by atoms with Gasteiger partial charge in [0.2, 0.25) is 0 Å². The summed E-state index contributed by atoms with van der Waals surface area (Å²) in [6, 6.07) is 9.37. The van der Waals surface area contributed by atoms with E-state index in [1.807, 2.05) is 18.8 Å². The van der Waals surface area contributed by atoms with Crippen molar-refractivity contribution in [1.29, 1.82) is 0 Å². The lowest BCUT2D eigenvalue weighted by Gasteiger charge is -2.32. The van der Waals surface area contributed by atoms with E-state index in [9.17, 15) is 0 Å². The SMILES string of the molecule is CCCN1CCC(NC(=NC)NCCSCc2ccc(C)cc2)CC1.I. The van der Waals surface area contributed by atoms with E-state index in [0.717, 1.165) is 24.0 Å². The fourth-order valence-electron chi connectivity index (χ4n) is 3.12. The minimum Gasteiger partial charge on any atom is -0.356 e. The van der Waals surface area contributed by atoms with Crippen LogP contribution in [-0.2, 0) is 5.75 Å². The van der Waals surface area contributed by atoms with Gasteiger partial charge in [-0.2, -0.15) is 11.8 Å². The number of nitrogens with one attached hydrogen (secondary N) is 2. The molecule has 4 nitrogen and oxygen atoms in total. The number of benzene rings is 1. The second-order valence-electron chi connectivity index (χ2n) is 6.80. The second kappa shape index (κ2) is 13.7. The van der Waals surface area contributed by atoms with Crippen LogP contribution in [0.1, 0.15) is 37.3 Å². The third kappa shape index (κ3) is 8.95. The van der Waals surface area contributed by atoms with Crippen LogP contribution in [0.4, 0.5) is 0 Å². The zero-order valence-corrected chi connectivity index (χ0v) is 19.6. The molecule has 1 aliphatic heterocycles. The zero-order chi connectivity index (χ0) is 17.9. The third-order valence-corrected chi connectivity index (χ3v) is 5.65. The van der Waals surface area contributed by atoms with Gasteiger partial charge < -0.3 is 15.5 Å². The van der Waals surface area contributed by atoms with E-state index in [4.69, 9.17) is 0 Å². The van der Waals surface area contributed by atoms with Crippen molar-refractivity contribution in [2.75, 3.05) is 39.0 Å². The van der Waals surface area contributed by atoms with Crippen molar-refractivity contribution in [3.63, 3.8) is 0 Å². The number of piperidine rings is 1. The van der Waals surface area contributed by atoms with E-state index in [-0.39, 0.29) is 24.0 Å². The molecule has 1 aromatic rings. The number of hydrogen-bond donors (Lipinski definition) is 2. The first-order valence-corrected chi connectivity index (χ1v) is 10.7. The fraction of sp³-hybridized carbons (Fsp3) is 0.650. The van der Waals surface area contributed by atoms with Gasteiger partial charge in [0.15, 0.2) is 5.96 Å². The van der Waals surface area contributed by atoms with Crippen molar-refractivity contribution in [3.05, 3.63) is 35.4 Å².